The van der Waals surface area contributed by atoms with Gasteiger partial charge in [0.15, 0.2) is 11.6 Å². The van der Waals surface area contributed by atoms with E-state index in [4.69, 9.17) is 14.2 Å². The minimum Gasteiger partial charge on any atom is -0.494 e. The molecule has 3 aromatic rings. The number of nitrogens with one attached hydrogen (secondary N) is 3. The molecule has 0 aliphatic carbocycles. The Morgan fingerprint density at radius 2 is 2.07 bits per heavy atom. The highest BCUT2D eigenvalue weighted by molar-refractivity contribution is 5.75. The first-order valence-corrected chi connectivity index (χ1v) is 9.31. The molecular formula is C19H23N7O3. The van der Waals surface area contributed by atoms with E-state index in [-0.39, 0.29) is 6.10 Å². The molecule has 1 saturated heterocycles. The Balaban J connectivity index is 1.55. The summed E-state index contributed by atoms with van der Waals surface area (Å²) in [6.45, 7) is 4.58. The van der Waals surface area contributed by atoms with Gasteiger partial charge in [-0.2, -0.15) is 5.10 Å². The molecule has 1 fully saturated rings. The smallest absolute Gasteiger partial charge is 0.153 e. The van der Waals surface area contributed by atoms with E-state index in [1.54, 1.807) is 31.9 Å². The van der Waals surface area contributed by atoms with Gasteiger partial charge in [-0.15, -0.1) is 0 Å². The number of ether oxygens (including phenoxy) is 3. The maximum atomic E-state index is 6.02. The molecule has 0 radical (unpaired) electrons. The number of H-pyrrole nitrogens is 1. The average molecular weight is 397 g/mol. The van der Waals surface area contributed by atoms with E-state index in [1.807, 2.05) is 13.0 Å². The van der Waals surface area contributed by atoms with Gasteiger partial charge in [0.05, 0.1) is 55.5 Å². The zero-order valence-electron chi connectivity index (χ0n) is 16.3. The number of rotatable bonds is 7. The summed E-state index contributed by atoms with van der Waals surface area (Å²) in [4.78, 5) is 12.7. The van der Waals surface area contributed by atoms with Crippen molar-refractivity contribution in [1.82, 2.24) is 30.5 Å². The van der Waals surface area contributed by atoms with Gasteiger partial charge in [0.1, 0.15) is 24.3 Å². The Kier molecular flexibility index (Phi) is 5.82. The van der Waals surface area contributed by atoms with E-state index in [9.17, 15) is 0 Å². The number of methoxy groups -OCH3 is 1. The predicted octanol–water partition coefficient (Wildman–Crippen LogP) is 1.69. The van der Waals surface area contributed by atoms with Gasteiger partial charge >= 0.3 is 0 Å². The van der Waals surface area contributed by atoms with Crippen LogP contribution in [0.2, 0.25) is 0 Å². The van der Waals surface area contributed by atoms with Crippen LogP contribution in [-0.2, 0) is 4.74 Å². The molecule has 0 unspecified atom stereocenters. The number of aromatic nitrogens is 5. The third-order valence-corrected chi connectivity index (χ3v) is 4.41. The van der Waals surface area contributed by atoms with Crippen molar-refractivity contribution >= 4 is 11.6 Å². The molecule has 0 spiro atoms. The number of nitrogens with zero attached hydrogens (tertiary/aromatic N) is 4. The number of anilines is 2. The summed E-state index contributed by atoms with van der Waals surface area (Å²) in [6, 6.07) is 1.85. The molecule has 0 saturated carbocycles. The molecule has 1 atom stereocenters. The standard InChI is InChI=1S/C19H23N7O3/c1-12-6-23-18(10-22-12)24-17-5-14(25-26-17)19-15(27-2)8-21-9-16(19)29-11-13-7-20-3-4-28-13/h5-6,8-10,13,20H,3-4,7,11H2,1-2H3,(H2,23,24,25,26)/t13-/m1/s1. The van der Waals surface area contributed by atoms with E-state index < -0.39 is 0 Å². The fourth-order valence-electron chi connectivity index (χ4n) is 2.96. The van der Waals surface area contributed by atoms with Crippen molar-refractivity contribution in [1.29, 1.82) is 0 Å². The lowest BCUT2D eigenvalue weighted by molar-refractivity contribution is 0.000209. The molecule has 4 rings (SSSR count). The van der Waals surface area contributed by atoms with E-state index in [2.05, 4.69) is 35.8 Å². The van der Waals surface area contributed by atoms with Crippen molar-refractivity contribution < 1.29 is 14.2 Å². The van der Waals surface area contributed by atoms with Gasteiger partial charge in [0, 0.05) is 19.2 Å². The summed E-state index contributed by atoms with van der Waals surface area (Å²) < 4.78 is 17.2. The second-order valence-corrected chi connectivity index (χ2v) is 6.56. The van der Waals surface area contributed by atoms with Gasteiger partial charge in [-0.1, -0.05) is 0 Å². The summed E-state index contributed by atoms with van der Waals surface area (Å²) in [5.74, 6) is 2.37. The Morgan fingerprint density at radius 3 is 2.83 bits per heavy atom. The van der Waals surface area contributed by atoms with Crippen molar-refractivity contribution in [3.05, 3.63) is 36.5 Å². The number of aromatic amines is 1. The summed E-state index contributed by atoms with van der Waals surface area (Å²) in [7, 11) is 1.59. The average Bonchev–Trinajstić information content (AvgIpc) is 3.22. The fourth-order valence-corrected chi connectivity index (χ4v) is 2.96. The van der Waals surface area contributed by atoms with Crippen LogP contribution in [-0.4, -0.2) is 64.7 Å². The first-order valence-electron chi connectivity index (χ1n) is 9.31. The van der Waals surface area contributed by atoms with Gasteiger partial charge in [-0.3, -0.25) is 15.1 Å². The van der Waals surface area contributed by atoms with Crippen molar-refractivity contribution in [2.75, 3.05) is 38.7 Å². The molecule has 3 aromatic heterocycles. The molecule has 0 amide bonds. The van der Waals surface area contributed by atoms with Crippen LogP contribution in [0.3, 0.4) is 0 Å². The molecule has 10 nitrogen and oxygen atoms in total. The summed E-state index contributed by atoms with van der Waals surface area (Å²) in [5.41, 5.74) is 2.31. The first-order chi connectivity index (χ1) is 14.2. The summed E-state index contributed by atoms with van der Waals surface area (Å²) >= 11 is 0. The van der Waals surface area contributed by atoms with Gasteiger partial charge in [-0.05, 0) is 6.92 Å². The third kappa shape index (κ3) is 4.61. The Labute approximate surface area is 168 Å². The van der Waals surface area contributed by atoms with E-state index >= 15 is 0 Å². The number of aryl methyl sites for hydroxylation is 1. The monoisotopic (exact) mass is 397 g/mol. The lowest BCUT2D eigenvalue weighted by atomic mass is 10.1. The molecule has 29 heavy (non-hydrogen) atoms. The Morgan fingerprint density at radius 1 is 1.17 bits per heavy atom. The van der Waals surface area contributed by atoms with Crippen molar-refractivity contribution in [2.45, 2.75) is 13.0 Å². The highest BCUT2D eigenvalue weighted by Crippen LogP contribution is 2.37. The van der Waals surface area contributed by atoms with E-state index in [0.717, 1.165) is 30.0 Å². The first kappa shape index (κ1) is 19.1. The maximum absolute atomic E-state index is 6.02. The van der Waals surface area contributed by atoms with Gasteiger partial charge in [0.25, 0.3) is 0 Å². The Bertz CT molecular complexity index is 939. The lowest BCUT2D eigenvalue weighted by Crippen LogP contribution is -2.41. The molecule has 0 aromatic carbocycles. The molecule has 1 aliphatic heterocycles. The zero-order valence-corrected chi connectivity index (χ0v) is 16.3. The second-order valence-electron chi connectivity index (χ2n) is 6.56. The van der Waals surface area contributed by atoms with Crippen LogP contribution in [0.25, 0.3) is 11.3 Å². The Hall–Kier alpha value is -3.24. The van der Waals surface area contributed by atoms with Crippen LogP contribution in [0, 0.1) is 6.92 Å². The van der Waals surface area contributed by atoms with Crippen LogP contribution in [0.15, 0.2) is 30.9 Å². The molecule has 4 heterocycles. The third-order valence-electron chi connectivity index (χ3n) is 4.41. The molecule has 3 N–H and O–H groups in total. The maximum Gasteiger partial charge on any atom is 0.153 e. The number of hydrogen-bond acceptors (Lipinski definition) is 9. The minimum absolute atomic E-state index is 0.0121. The summed E-state index contributed by atoms with van der Waals surface area (Å²) in [5, 5.41) is 13.7. The van der Waals surface area contributed by atoms with Crippen LogP contribution in [0.1, 0.15) is 5.69 Å². The van der Waals surface area contributed by atoms with Crippen LogP contribution in [0.5, 0.6) is 11.5 Å². The number of hydrogen-bond donors (Lipinski definition) is 3. The van der Waals surface area contributed by atoms with Crippen LogP contribution >= 0.6 is 0 Å². The van der Waals surface area contributed by atoms with Crippen molar-refractivity contribution in [3.63, 3.8) is 0 Å². The SMILES string of the molecule is COc1cncc(OC[C@H]2CNCCO2)c1-c1cc(Nc2cnc(C)cn2)n[nH]1. The zero-order chi connectivity index (χ0) is 20.1. The van der Waals surface area contributed by atoms with E-state index in [0.29, 0.717) is 36.3 Å². The van der Waals surface area contributed by atoms with Crippen molar-refractivity contribution in [3.8, 4) is 22.8 Å². The van der Waals surface area contributed by atoms with E-state index in [1.165, 1.54) is 0 Å². The predicted molar refractivity (Wildman–Crippen MR) is 107 cm³/mol. The lowest BCUT2D eigenvalue weighted by Gasteiger charge is -2.24. The normalized spacial score (nSPS) is 16.4. The largest absolute Gasteiger partial charge is 0.494 e. The quantitative estimate of drug-likeness (QED) is 0.547. The number of pyridine rings is 1. The number of morpholine rings is 1. The second kappa shape index (κ2) is 8.84. The van der Waals surface area contributed by atoms with Crippen molar-refractivity contribution in [2.24, 2.45) is 0 Å². The van der Waals surface area contributed by atoms with Gasteiger partial charge in [0.2, 0.25) is 0 Å². The fraction of sp³-hybridized carbons (Fsp3) is 0.368. The van der Waals surface area contributed by atoms with Gasteiger partial charge in [-0.25, -0.2) is 4.98 Å². The molecule has 1 aliphatic rings. The summed E-state index contributed by atoms with van der Waals surface area (Å²) in [6.07, 6.45) is 6.63. The van der Waals surface area contributed by atoms with Crippen LogP contribution in [0.4, 0.5) is 11.6 Å². The molecule has 0 bridgehead atoms. The molecule has 152 valence electrons. The topological polar surface area (TPSA) is 119 Å². The molecular weight excluding hydrogens is 374 g/mol. The highest BCUT2D eigenvalue weighted by atomic mass is 16.5. The van der Waals surface area contributed by atoms with Gasteiger partial charge < -0.3 is 24.8 Å². The minimum atomic E-state index is -0.0121. The molecule has 10 heteroatoms. The van der Waals surface area contributed by atoms with Crippen LogP contribution < -0.4 is 20.1 Å². The highest BCUT2D eigenvalue weighted by Gasteiger charge is 2.19.